The molecule has 4 atom stereocenters. The zero-order valence-corrected chi connectivity index (χ0v) is 22.6. The molecule has 4 rings (SSSR count). The second-order valence-corrected chi connectivity index (χ2v) is 13.0. The summed E-state index contributed by atoms with van der Waals surface area (Å²) in [5.74, 6) is -8.35. The Labute approximate surface area is 221 Å². The van der Waals surface area contributed by atoms with Crippen LogP contribution in [0.15, 0.2) is 12.1 Å². The lowest BCUT2D eigenvalue weighted by Crippen LogP contribution is -2.53. The van der Waals surface area contributed by atoms with Gasteiger partial charge in [0.1, 0.15) is 11.3 Å². The third kappa shape index (κ3) is 4.27. The van der Waals surface area contributed by atoms with Crippen molar-refractivity contribution in [1.82, 2.24) is 0 Å². The number of carbonyl (C=O) groups excluding carboxylic acids is 2. The summed E-state index contributed by atoms with van der Waals surface area (Å²) >= 11 is 5.41. The molecule has 2 bridgehead atoms. The van der Waals surface area contributed by atoms with Gasteiger partial charge in [0.25, 0.3) is 5.79 Å². The highest BCUT2D eigenvalue weighted by Crippen LogP contribution is 2.58. The van der Waals surface area contributed by atoms with E-state index in [0.29, 0.717) is 14.9 Å². The monoisotopic (exact) mass is 752 g/mol. The molecule has 0 radical (unpaired) electrons. The van der Waals surface area contributed by atoms with Crippen molar-refractivity contribution in [2.24, 2.45) is 5.92 Å². The summed E-state index contributed by atoms with van der Waals surface area (Å²) in [7, 11) is -6.36. The van der Waals surface area contributed by atoms with Gasteiger partial charge >= 0.3 is 33.2 Å². The van der Waals surface area contributed by atoms with Crippen LogP contribution in [0.4, 0.5) is 17.6 Å². The minimum absolute atomic E-state index is 0.132. The van der Waals surface area contributed by atoms with Gasteiger partial charge in [0.05, 0.1) is 24.2 Å². The third-order valence-corrected chi connectivity index (χ3v) is 11.5. The molecule has 0 amide bonds. The summed E-state index contributed by atoms with van der Waals surface area (Å²) in [5, 5.41) is -6.61. The maximum atomic E-state index is 13.6. The molecule has 3 heterocycles. The number of rotatable bonds is 6. The molecule has 2 fully saturated rings. The Hall–Kier alpha value is -0.600. The molecule has 0 aliphatic carbocycles. The van der Waals surface area contributed by atoms with Crippen LogP contribution in [0.2, 0.25) is 0 Å². The van der Waals surface area contributed by atoms with E-state index in [2.05, 4.69) is 22.6 Å². The molecule has 1 spiro atoms. The van der Waals surface area contributed by atoms with E-state index in [1.54, 1.807) is 12.1 Å². The lowest BCUT2D eigenvalue weighted by atomic mass is 9.84. The van der Waals surface area contributed by atoms with E-state index in [1.165, 1.54) is 11.8 Å². The lowest BCUT2D eigenvalue weighted by Gasteiger charge is -2.40. The summed E-state index contributed by atoms with van der Waals surface area (Å²) < 4.78 is 101. The first-order valence-electron chi connectivity index (χ1n) is 9.55. The van der Waals surface area contributed by atoms with E-state index in [-0.39, 0.29) is 12.8 Å². The number of fused-ring (bicyclic) bond motifs is 4. The molecule has 0 aromatic heterocycles. The Morgan fingerprint density at radius 1 is 1.26 bits per heavy atom. The van der Waals surface area contributed by atoms with E-state index in [1.807, 2.05) is 22.6 Å². The highest BCUT2D eigenvalue weighted by molar-refractivity contribution is 14.1. The van der Waals surface area contributed by atoms with Gasteiger partial charge in [-0.25, -0.2) is 4.79 Å². The molecule has 34 heavy (non-hydrogen) atoms. The van der Waals surface area contributed by atoms with Gasteiger partial charge in [-0.3, -0.25) is 9.35 Å². The Bertz CT molecular complexity index is 1160. The number of hydrogen-bond acceptors (Lipinski definition) is 8. The van der Waals surface area contributed by atoms with E-state index in [9.17, 15) is 35.6 Å². The normalized spacial score (nSPS) is 28.4. The van der Waals surface area contributed by atoms with Gasteiger partial charge in [0, 0.05) is 18.8 Å². The molecule has 0 saturated carbocycles. The first-order valence-corrected chi connectivity index (χ1v) is 14.1. The topological polar surface area (TPSA) is 116 Å². The van der Waals surface area contributed by atoms with Crippen LogP contribution in [0.3, 0.4) is 0 Å². The minimum atomic E-state index is -6.36. The van der Waals surface area contributed by atoms with Crippen LogP contribution in [-0.4, -0.2) is 59.0 Å². The van der Waals surface area contributed by atoms with Gasteiger partial charge in [0.2, 0.25) is 0 Å². The first kappa shape index (κ1) is 26.5. The Balaban J connectivity index is 1.38. The second kappa shape index (κ2) is 8.76. The van der Waals surface area contributed by atoms with Crippen LogP contribution < -0.4 is 4.74 Å². The van der Waals surface area contributed by atoms with Crippen molar-refractivity contribution in [1.29, 1.82) is 0 Å². The summed E-state index contributed by atoms with van der Waals surface area (Å²) in [6.45, 7) is -1.18. The SMILES string of the molecule is O=C1OC2(CC3SC2CC3C(=O)OCCC(F)(F)C(F)(F)S(=O)(=O)O)Oc2ccc(I)c(I)c21. The van der Waals surface area contributed by atoms with E-state index in [4.69, 9.17) is 18.8 Å². The van der Waals surface area contributed by atoms with Crippen molar-refractivity contribution < 1.29 is 54.3 Å². The summed E-state index contributed by atoms with van der Waals surface area (Å²) in [6.07, 6.45) is -1.54. The van der Waals surface area contributed by atoms with Gasteiger partial charge in [-0.05, 0) is 63.7 Å². The van der Waals surface area contributed by atoms with Gasteiger partial charge in [-0.1, -0.05) is 0 Å². The number of ether oxygens (including phenoxy) is 3. The van der Waals surface area contributed by atoms with Crippen LogP contribution in [0.25, 0.3) is 0 Å². The predicted molar refractivity (Wildman–Crippen MR) is 126 cm³/mol. The maximum Gasteiger partial charge on any atom is 0.431 e. The average molecular weight is 752 g/mol. The fourth-order valence-corrected chi connectivity index (χ4v) is 7.51. The fourth-order valence-electron chi connectivity index (χ4n) is 4.04. The molecule has 1 N–H and O–H groups in total. The molecule has 16 heteroatoms. The van der Waals surface area contributed by atoms with Gasteiger partial charge in [-0.15, -0.1) is 11.8 Å². The number of thioether (sulfide) groups is 1. The van der Waals surface area contributed by atoms with Crippen molar-refractivity contribution in [2.45, 2.75) is 46.7 Å². The number of alkyl halides is 4. The zero-order chi connectivity index (χ0) is 25.3. The molecule has 3 aliphatic rings. The van der Waals surface area contributed by atoms with Crippen molar-refractivity contribution in [3.8, 4) is 5.75 Å². The van der Waals surface area contributed by atoms with Crippen LogP contribution in [0.1, 0.15) is 29.6 Å². The first-order chi connectivity index (χ1) is 15.6. The molecule has 2 saturated heterocycles. The quantitative estimate of drug-likeness (QED) is 0.199. The fraction of sp³-hybridized carbons (Fsp3) is 0.556. The minimum Gasteiger partial charge on any atom is -0.465 e. The zero-order valence-electron chi connectivity index (χ0n) is 16.6. The highest BCUT2D eigenvalue weighted by Gasteiger charge is 2.66. The number of benzene rings is 1. The average Bonchev–Trinajstić information content (AvgIpc) is 3.27. The van der Waals surface area contributed by atoms with Crippen molar-refractivity contribution >= 4 is 79.0 Å². The predicted octanol–water partition coefficient (Wildman–Crippen LogP) is 4.08. The lowest BCUT2D eigenvalue weighted by molar-refractivity contribution is -0.180. The molecular formula is C18H14F4I2O8S2. The molecule has 3 aliphatic heterocycles. The van der Waals surface area contributed by atoms with Gasteiger partial charge in [0.15, 0.2) is 0 Å². The van der Waals surface area contributed by atoms with Crippen LogP contribution >= 0.6 is 56.9 Å². The van der Waals surface area contributed by atoms with Crippen molar-refractivity contribution in [3.63, 3.8) is 0 Å². The summed E-state index contributed by atoms with van der Waals surface area (Å²) in [5.41, 5.74) is 0.310. The number of hydrogen-bond donors (Lipinski definition) is 1. The maximum absolute atomic E-state index is 13.6. The highest BCUT2D eigenvalue weighted by atomic mass is 127. The van der Waals surface area contributed by atoms with Crippen molar-refractivity contribution in [2.75, 3.05) is 6.61 Å². The van der Waals surface area contributed by atoms with E-state index >= 15 is 0 Å². The smallest absolute Gasteiger partial charge is 0.431 e. The molecular weight excluding hydrogens is 738 g/mol. The van der Waals surface area contributed by atoms with Crippen molar-refractivity contribution in [3.05, 3.63) is 24.8 Å². The second-order valence-electron chi connectivity index (χ2n) is 7.86. The van der Waals surface area contributed by atoms with Crippen LogP contribution in [-0.2, 0) is 24.4 Å². The molecule has 4 unspecified atom stereocenters. The Morgan fingerprint density at radius 2 is 1.94 bits per heavy atom. The van der Waals surface area contributed by atoms with Crippen LogP contribution in [0.5, 0.6) is 5.75 Å². The molecule has 188 valence electrons. The Morgan fingerprint density at radius 3 is 2.53 bits per heavy atom. The standard InChI is InChI=1S/C18H14F4I2O8S2/c19-17(20,18(21,22)34(27,28)29)3-4-30-14(25)7-5-11-16(6-10(7)33-11)31-9-2-1-8(23)13(24)12(9)15(26)32-16/h1-2,7,10-11H,3-6H2,(H,27,28,29). The van der Waals surface area contributed by atoms with E-state index in [0.717, 1.165) is 3.57 Å². The summed E-state index contributed by atoms with van der Waals surface area (Å²) in [6, 6.07) is 3.45. The summed E-state index contributed by atoms with van der Waals surface area (Å²) in [4.78, 5) is 25.1. The van der Waals surface area contributed by atoms with Gasteiger partial charge < -0.3 is 14.2 Å². The number of halogens is 6. The molecule has 8 nitrogen and oxygen atoms in total. The number of carbonyl (C=O) groups is 2. The number of esters is 2. The van der Waals surface area contributed by atoms with Gasteiger partial charge in [-0.2, -0.15) is 26.0 Å². The largest absolute Gasteiger partial charge is 0.465 e. The Kier molecular flexibility index (Phi) is 6.82. The van der Waals surface area contributed by atoms with Crippen LogP contribution in [0, 0.1) is 13.1 Å². The molecule has 1 aromatic rings. The molecule has 1 aromatic carbocycles. The van der Waals surface area contributed by atoms with E-state index < -0.39 is 68.5 Å². The third-order valence-electron chi connectivity index (χ3n) is 5.75.